The van der Waals surface area contributed by atoms with Crippen molar-refractivity contribution in [2.24, 2.45) is 5.92 Å². The molecule has 0 saturated heterocycles. The van der Waals surface area contributed by atoms with Gasteiger partial charge >= 0.3 is 5.97 Å². The van der Waals surface area contributed by atoms with Crippen LogP contribution in [-0.4, -0.2) is 23.3 Å². The molecule has 3 aromatic rings. The van der Waals surface area contributed by atoms with Crippen molar-refractivity contribution >= 4 is 5.97 Å². The molecule has 3 aliphatic rings. The molecule has 5 heteroatoms. The van der Waals surface area contributed by atoms with Gasteiger partial charge in [-0.25, -0.2) is 0 Å². The van der Waals surface area contributed by atoms with Crippen LogP contribution in [0, 0.1) is 5.92 Å². The second kappa shape index (κ2) is 6.17. The van der Waals surface area contributed by atoms with Crippen molar-refractivity contribution in [2.45, 2.75) is 17.6 Å². The number of aliphatic hydroxyl groups is 2. The fourth-order valence-electron chi connectivity index (χ4n) is 4.79. The number of hydrogen-bond acceptors (Lipinski definition) is 5. The fourth-order valence-corrected chi connectivity index (χ4v) is 4.79. The highest BCUT2D eigenvalue weighted by Gasteiger charge is 2.62. The Morgan fingerprint density at radius 2 is 1.52 bits per heavy atom. The van der Waals surface area contributed by atoms with Crippen LogP contribution in [0.3, 0.4) is 0 Å². The molecule has 0 saturated carbocycles. The van der Waals surface area contributed by atoms with E-state index < -0.39 is 23.1 Å². The van der Waals surface area contributed by atoms with Gasteiger partial charge in [-0.2, -0.15) is 0 Å². The Bertz CT molecular complexity index is 1110. The quantitative estimate of drug-likeness (QED) is 0.672. The van der Waals surface area contributed by atoms with Crippen LogP contribution in [0.15, 0.2) is 72.8 Å². The predicted molar refractivity (Wildman–Crippen MR) is 106 cm³/mol. The van der Waals surface area contributed by atoms with Crippen molar-refractivity contribution in [3.8, 4) is 11.5 Å². The van der Waals surface area contributed by atoms with Gasteiger partial charge in [0, 0.05) is 6.42 Å². The molecule has 3 aliphatic carbocycles. The first-order valence-corrected chi connectivity index (χ1v) is 9.49. The van der Waals surface area contributed by atoms with Gasteiger partial charge < -0.3 is 19.7 Å². The lowest BCUT2D eigenvalue weighted by molar-refractivity contribution is -0.163. The van der Waals surface area contributed by atoms with E-state index in [0.717, 1.165) is 0 Å². The van der Waals surface area contributed by atoms with Crippen LogP contribution < -0.4 is 4.74 Å². The van der Waals surface area contributed by atoms with Gasteiger partial charge in [-0.3, -0.25) is 4.79 Å². The van der Waals surface area contributed by atoms with Crippen LogP contribution in [0.2, 0.25) is 0 Å². The second-order valence-electron chi connectivity index (χ2n) is 7.57. The van der Waals surface area contributed by atoms with Gasteiger partial charge in [0.1, 0.15) is 22.7 Å². The van der Waals surface area contributed by atoms with Gasteiger partial charge in [0.2, 0.25) is 0 Å². The average Bonchev–Trinajstić information content (AvgIpc) is 2.76. The molecule has 0 radical (unpaired) electrons. The summed E-state index contributed by atoms with van der Waals surface area (Å²) in [5.74, 6) is -0.227. The molecule has 0 aromatic heterocycles. The molecular formula is C24H20O5. The number of benzene rings is 3. The summed E-state index contributed by atoms with van der Waals surface area (Å²) in [4.78, 5) is 12.5. The molecule has 0 spiro atoms. The summed E-state index contributed by atoms with van der Waals surface area (Å²) in [6, 6.07) is 21.7. The number of methoxy groups -OCH3 is 1. The molecule has 3 atom stereocenters. The number of fused-ring (bicyclic) bond motifs is 1. The molecule has 0 heterocycles. The molecule has 3 aromatic carbocycles. The Balaban J connectivity index is 1.70. The van der Waals surface area contributed by atoms with Gasteiger partial charge in [-0.15, -0.1) is 0 Å². The Morgan fingerprint density at radius 3 is 2.24 bits per heavy atom. The molecule has 2 bridgehead atoms. The molecule has 5 nitrogen and oxygen atoms in total. The third-order valence-corrected chi connectivity index (χ3v) is 6.10. The summed E-state index contributed by atoms with van der Waals surface area (Å²) < 4.78 is 10.9. The first-order chi connectivity index (χ1) is 14.0. The van der Waals surface area contributed by atoms with E-state index in [1.165, 1.54) is 7.11 Å². The number of hydrogen-bond donors (Lipinski definition) is 2. The number of carbonyl (C=O) groups is 1. The lowest BCUT2D eigenvalue weighted by Gasteiger charge is -2.53. The standard InChI is InChI=1S/C24H20O5/c1-28-22(25)21-14-23(26)17-9-5-6-10-18(17)24(21,27)19-12-11-16(13-20(19)23)29-15-7-3-2-4-8-15/h2-13,21,26-27H,14H2,1H3. The average molecular weight is 388 g/mol. The van der Waals surface area contributed by atoms with Crippen LogP contribution in [0.1, 0.15) is 28.7 Å². The normalized spacial score (nSPS) is 26.4. The highest BCUT2D eigenvalue weighted by molar-refractivity contribution is 5.79. The third-order valence-electron chi connectivity index (χ3n) is 6.10. The lowest BCUT2D eigenvalue weighted by atomic mass is 9.54. The Hall–Kier alpha value is -3.15. The maximum atomic E-state index is 12.5. The molecule has 146 valence electrons. The monoisotopic (exact) mass is 388 g/mol. The predicted octanol–water partition coefficient (Wildman–Crippen LogP) is 3.46. The van der Waals surface area contributed by atoms with Crippen molar-refractivity contribution in [3.63, 3.8) is 0 Å². The molecule has 6 rings (SSSR count). The summed E-state index contributed by atoms with van der Waals surface area (Å²) >= 11 is 0. The minimum absolute atomic E-state index is 0.0367. The van der Waals surface area contributed by atoms with E-state index in [9.17, 15) is 15.0 Å². The SMILES string of the molecule is COC(=O)C1CC2(O)c3ccccc3C1(O)c1ccc(Oc3ccccc3)cc12. The number of esters is 1. The van der Waals surface area contributed by atoms with Crippen molar-refractivity contribution in [1.82, 2.24) is 0 Å². The maximum Gasteiger partial charge on any atom is 0.312 e. The Kier molecular flexibility index (Phi) is 3.81. The largest absolute Gasteiger partial charge is 0.469 e. The summed E-state index contributed by atoms with van der Waals surface area (Å²) in [7, 11) is 1.29. The van der Waals surface area contributed by atoms with E-state index in [-0.39, 0.29) is 6.42 Å². The van der Waals surface area contributed by atoms with E-state index in [4.69, 9.17) is 9.47 Å². The first kappa shape index (κ1) is 17.9. The lowest BCUT2D eigenvalue weighted by Crippen LogP contribution is -2.57. The molecule has 0 aliphatic heterocycles. The molecule has 0 amide bonds. The van der Waals surface area contributed by atoms with E-state index >= 15 is 0 Å². The fraction of sp³-hybridized carbons (Fsp3) is 0.208. The third kappa shape index (κ3) is 2.38. The van der Waals surface area contributed by atoms with E-state index in [1.54, 1.807) is 36.4 Å². The van der Waals surface area contributed by atoms with E-state index in [0.29, 0.717) is 33.8 Å². The highest BCUT2D eigenvalue weighted by Crippen LogP contribution is 2.60. The smallest absolute Gasteiger partial charge is 0.312 e. The first-order valence-electron chi connectivity index (χ1n) is 9.49. The summed E-state index contributed by atoms with van der Waals surface area (Å²) in [5.41, 5.74) is -0.812. The van der Waals surface area contributed by atoms with Crippen molar-refractivity contribution in [2.75, 3.05) is 7.11 Å². The minimum atomic E-state index is -1.57. The molecule has 2 N–H and O–H groups in total. The van der Waals surface area contributed by atoms with Crippen molar-refractivity contribution in [1.29, 1.82) is 0 Å². The molecule has 29 heavy (non-hydrogen) atoms. The van der Waals surface area contributed by atoms with Gasteiger partial charge in [0.05, 0.1) is 13.0 Å². The van der Waals surface area contributed by atoms with Gasteiger partial charge in [-0.1, -0.05) is 48.5 Å². The van der Waals surface area contributed by atoms with Gasteiger partial charge in [0.15, 0.2) is 0 Å². The van der Waals surface area contributed by atoms with Crippen LogP contribution in [0.25, 0.3) is 0 Å². The van der Waals surface area contributed by atoms with Gasteiger partial charge in [0.25, 0.3) is 0 Å². The maximum absolute atomic E-state index is 12.5. The van der Waals surface area contributed by atoms with E-state index in [1.807, 2.05) is 36.4 Å². The zero-order valence-electron chi connectivity index (χ0n) is 15.8. The number of carbonyl (C=O) groups excluding carboxylic acids is 1. The number of rotatable bonds is 3. The van der Waals surface area contributed by atoms with Crippen LogP contribution in [0.5, 0.6) is 11.5 Å². The summed E-state index contributed by atoms with van der Waals surface area (Å²) in [6.07, 6.45) is 0.0367. The number of ether oxygens (including phenoxy) is 2. The molecule has 3 unspecified atom stereocenters. The zero-order valence-corrected chi connectivity index (χ0v) is 15.8. The van der Waals surface area contributed by atoms with Crippen LogP contribution in [0.4, 0.5) is 0 Å². The topological polar surface area (TPSA) is 76.0 Å². The second-order valence-corrected chi connectivity index (χ2v) is 7.57. The Morgan fingerprint density at radius 1 is 0.862 bits per heavy atom. The molecular weight excluding hydrogens is 368 g/mol. The van der Waals surface area contributed by atoms with Gasteiger partial charge in [-0.05, 0) is 46.5 Å². The Labute approximate surface area is 168 Å². The highest BCUT2D eigenvalue weighted by atomic mass is 16.5. The summed E-state index contributed by atoms with van der Waals surface area (Å²) in [5, 5.41) is 23.6. The molecule has 0 fully saturated rings. The number of para-hydroxylation sites is 1. The van der Waals surface area contributed by atoms with E-state index in [2.05, 4.69) is 0 Å². The minimum Gasteiger partial charge on any atom is -0.469 e. The van der Waals surface area contributed by atoms with Crippen molar-refractivity contribution < 1.29 is 24.5 Å². The summed E-state index contributed by atoms with van der Waals surface area (Å²) in [6.45, 7) is 0. The van der Waals surface area contributed by atoms with Crippen LogP contribution in [-0.2, 0) is 20.7 Å². The van der Waals surface area contributed by atoms with Crippen molar-refractivity contribution in [3.05, 3.63) is 95.1 Å². The zero-order chi connectivity index (χ0) is 20.2. The van der Waals surface area contributed by atoms with Crippen LogP contribution >= 0.6 is 0 Å².